The molecule has 3 nitrogen and oxygen atoms in total. The standard InChI is InChI=1S/C12H9ClF3NO2/c13-8-5-4-7(12(14,15)16)6-9(8)17-10(18)2-1-3-11(17)19/h4-6H,1-3H2. The Balaban J connectivity index is 2.49. The van der Waals surface area contributed by atoms with Crippen LogP contribution in [-0.2, 0) is 15.8 Å². The second-order valence-electron chi connectivity index (χ2n) is 4.14. The van der Waals surface area contributed by atoms with Gasteiger partial charge < -0.3 is 0 Å². The topological polar surface area (TPSA) is 37.4 Å². The molecule has 1 aliphatic rings. The van der Waals surface area contributed by atoms with Gasteiger partial charge in [0.05, 0.1) is 16.3 Å². The SMILES string of the molecule is O=C1CCCC(=O)N1c1cc(C(F)(F)F)ccc1Cl. The van der Waals surface area contributed by atoms with Crippen LogP contribution in [0.5, 0.6) is 0 Å². The maximum atomic E-state index is 12.6. The maximum Gasteiger partial charge on any atom is 0.416 e. The van der Waals surface area contributed by atoms with Crippen LogP contribution in [0.4, 0.5) is 18.9 Å². The highest BCUT2D eigenvalue weighted by molar-refractivity contribution is 6.35. The monoisotopic (exact) mass is 291 g/mol. The van der Waals surface area contributed by atoms with E-state index in [1.807, 2.05) is 0 Å². The predicted molar refractivity (Wildman–Crippen MR) is 62.8 cm³/mol. The lowest BCUT2D eigenvalue weighted by Gasteiger charge is -2.26. The van der Waals surface area contributed by atoms with Crippen molar-refractivity contribution in [1.29, 1.82) is 0 Å². The first-order chi connectivity index (χ1) is 8.80. The van der Waals surface area contributed by atoms with Crippen LogP contribution in [-0.4, -0.2) is 11.8 Å². The molecule has 19 heavy (non-hydrogen) atoms. The number of alkyl halides is 3. The first-order valence-corrected chi connectivity index (χ1v) is 5.91. The Kier molecular flexibility index (Phi) is 3.54. The van der Waals surface area contributed by atoms with Gasteiger partial charge in [0.25, 0.3) is 0 Å². The number of carbonyl (C=O) groups is 2. The maximum absolute atomic E-state index is 12.6. The fraction of sp³-hybridized carbons (Fsp3) is 0.333. The van der Waals surface area contributed by atoms with E-state index in [-0.39, 0.29) is 23.6 Å². The lowest BCUT2D eigenvalue weighted by Crippen LogP contribution is -2.40. The van der Waals surface area contributed by atoms with Gasteiger partial charge in [-0.05, 0) is 24.6 Å². The van der Waals surface area contributed by atoms with Gasteiger partial charge in [0.15, 0.2) is 0 Å². The molecule has 1 aromatic rings. The van der Waals surface area contributed by atoms with Gasteiger partial charge >= 0.3 is 6.18 Å². The van der Waals surface area contributed by atoms with E-state index in [2.05, 4.69) is 0 Å². The summed E-state index contributed by atoms with van der Waals surface area (Å²) in [5, 5.41) is -0.0587. The molecular formula is C12H9ClF3NO2. The third-order valence-corrected chi connectivity index (χ3v) is 3.11. The lowest BCUT2D eigenvalue weighted by atomic mass is 10.1. The number of benzene rings is 1. The van der Waals surface area contributed by atoms with Gasteiger partial charge in [0.2, 0.25) is 11.8 Å². The summed E-state index contributed by atoms with van der Waals surface area (Å²) in [7, 11) is 0. The zero-order chi connectivity index (χ0) is 14.2. The zero-order valence-corrected chi connectivity index (χ0v) is 10.4. The number of rotatable bonds is 1. The van der Waals surface area contributed by atoms with Crippen LogP contribution in [0.2, 0.25) is 5.02 Å². The van der Waals surface area contributed by atoms with Gasteiger partial charge in [-0.2, -0.15) is 13.2 Å². The van der Waals surface area contributed by atoms with Crippen LogP contribution in [0, 0.1) is 0 Å². The van der Waals surface area contributed by atoms with E-state index in [1.54, 1.807) is 0 Å². The summed E-state index contributed by atoms with van der Waals surface area (Å²) in [6.45, 7) is 0. The summed E-state index contributed by atoms with van der Waals surface area (Å²) in [6, 6.07) is 2.57. The molecule has 0 unspecified atom stereocenters. The van der Waals surface area contributed by atoms with Crippen molar-refractivity contribution in [3.05, 3.63) is 28.8 Å². The van der Waals surface area contributed by atoms with Crippen molar-refractivity contribution < 1.29 is 22.8 Å². The molecule has 0 saturated carbocycles. The fourth-order valence-electron chi connectivity index (χ4n) is 1.88. The van der Waals surface area contributed by atoms with Gasteiger partial charge in [0.1, 0.15) is 0 Å². The summed E-state index contributed by atoms with van der Waals surface area (Å²) >= 11 is 5.80. The summed E-state index contributed by atoms with van der Waals surface area (Å²) in [5.41, 5.74) is -1.15. The average molecular weight is 292 g/mol. The highest BCUT2D eigenvalue weighted by Gasteiger charge is 2.34. The van der Waals surface area contributed by atoms with Gasteiger partial charge in [-0.15, -0.1) is 0 Å². The summed E-state index contributed by atoms with van der Waals surface area (Å²) in [6.07, 6.45) is -3.90. The third-order valence-electron chi connectivity index (χ3n) is 2.79. The molecular weight excluding hydrogens is 283 g/mol. The Labute approximate surface area is 111 Å². The Hall–Kier alpha value is -1.56. The number of piperidine rings is 1. The fourth-order valence-corrected chi connectivity index (χ4v) is 2.08. The van der Waals surface area contributed by atoms with Crippen LogP contribution in [0.15, 0.2) is 18.2 Å². The van der Waals surface area contributed by atoms with Crippen molar-refractivity contribution >= 4 is 29.1 Å². The molecule has 0 N–H and O–H groups in total. The van der Waals surface area contributed by atoms with Gasteiger partial charge in [0, 0.05) is 12.8 Å². The Bertz CT molecular complexity index is 526. The number of amides is 2. The van der Waals surface area contributed by atoms with Gasteiger partial charge in [-0.3, -0.25) is 9.59 Å². The van der Waals surface area contributed by atoms with Crippen molar-refractivity contribution in [2.75, 3.05) is 4.90 Å². The molecule has 2 rings (SSSR count). The molecule has 0 spiro atoms. The summed E-state index contributed by atoms with van der Waals surface area (Å²) in [4.78, 5) is 24.1. The van der Waals surface area contributed by atoms with E-state index in [1.165, 1.54) is 0 Å². The van der Waals surface area contributed by atoms with Crippen LogP contribution in [0.25, 0.3) is 0 Å². The van der Waals surface area contributed by atoms with E-state index in [0.717, 1.165) is 23.1 Å². The van der Waals surface area contributed by atoms with Crippen molar-refractivity contribution in [3.8, 4) is 0 Å². The molecule has 102 valence electrons. The summed E-state index contributed by atoms with van der Waals surface area (Å²) < 4.78 is 37.9. The smallest absolute Gasteiger partial charge is 0.274 e. The highest BCUT2D eigenvalue weighted by atomic mass is 35.5. The number of halogens is 4. The summed E-state index contributed by atoms with van der Waals surface area (Å²) in [5.74, 6) is -1.06. The number of anilines is 1. The first kappa shape index (κ1) is 13.9. The Morgan fingerprint density at radius 2 is 1.68 bits per heavy atom. The third kappa shape index (κ3) is 2.73. The van der Waals surface area contributed by atoms with Crippen molar-refractivity contribution in [3.63, 3.8) is 0 Å². The average Bonchev–Trinajstić information content (AvgIpc) is 2.29. The normalized spacial score (nSPS) is 16.9. The Morgan fingerprint density at radius 3 is 2.21 bits per heavy atom. The Morgan fingerprint density at radius 1 is 1.11 bits per heavy atom. The zero-order valence-electron chi connectivity index (χ0n) is 9.63. The molecule has 1 fully saturated rings. The quantitative estimate of drug-likeness (QED) is 0.744. The largest absolute Gasteiger partial charge is 0.416 e. The molecule has 0 aromatic heterocycles. The number of hydrogen-bond acceptors (Lipinski definition) is 2. The first-order valence-electron chi connectivity index (χ1n) is 5.53. The lowest BCUT2D eigenvalue weighted by molar-refractivity contribution is -0.138. The van der Waals surface area contributed by atoms with E-state index in [4.69, 9.17) is 11.6 Å². The molecule has 2 amide bonds. The molecule has 1 aromatic carbocycles. The van der Waals surface area contributed by atoms with Crippen molar-refractivity contribution in [2.45, 2.75) is 25.4 Å². The second kappa shape index (κ2) is 4.85. The predicted octanol–water partition coefficient (Wildman–Crippen LogP) is 3.40. The second-order valence-corrected chi connectivity index (χ2v) is 4.55. The minimum atomic E-state index is -4.55. The van der Waals surface area contributed by atoms with Crippen LogP contribution in [0.3, 0.4) is 0 Å². The van der Waals surface area contributed by atoms with Gasteiger partial charge in [-0.1, -0.05) is 11.6 Å². The van der Waals surface area contributed by atoms with Crippen molar-refractivity contribution in [2.24, 2.45) is 0 Å². The van der Waals surface area contributed by atoms with Crippen LogP contribution < -0.4 is 4.90 Å². The molecule has 0 radical (unpaired) electrons. The van der Waals surface area contributed by atoms with Crippen molar-refractivity contribution in [1.82, 2.24) is 0 Å². The van der Waals surface area contributed by atoms with Gasteiger partial charge in [-0.25, -0.2) is 4.90 Å². The minimum absolute atomic E-state index is 0.0587. The number of carbonyl (C=O) groups excluding carboxylic acids is 2. The molecule has 7 heteroatoms. The van der Waals surface area contributed by atoms with E-state index in [0.29, 0.717) is 6.42 Å². The van der Waals surface area contributed by atoms with E-state index >= 15 is 0 Å². The van der Waals surface area contributed by atoms with E-state index < -0.39 is 23.6 Å². The van der Waals surface area contributed by atoms with E-state index in [9.17, 15) is 22.8 Å². The highest BCUT2D eigenvalue weighted by Crippen LogP contribution is 2.36. The van der Waals surface area contributed by atoms with Crippen LogP contribution in [0.1, 0.15) is 24.8 Å². The molecule has 0 aliphatic carbocycles. The minimum Gasteiger partial charge on any atom is -0.274 e. The molecule has 0 bridgehead atoms. The number of hydrogen-bond donors (Lipinski definition) is 0. The number of imide groups is 1. The molecule has 1 aliphatic heterocycles. The van der Waals surface area contributed by atoms with Crippen LogP contribution >= 0.6 is 11.6 Å². The molecule has 1 heterocycles. The number of nitrogens with zero attached hydrogens (tertiary/aromatic N) is 1. The molecule has 0 atom stereocenters. The molecule has 1 saturated heterocycles.